The molecule has 0 spiro atoms. The third-order valence-electron chi connectivity index (χ3n) is 2.48. The molecule has 0 unspecified atom stereocenters. The van der Waals surface area contributed by atoms with Crippen LogP contribution in [0, 0.1) is 0 Å². The maximum Gasteiger partial charge on any atom is 0.337 e. The number of carboxylic acids is 1. The molecule has 2 rings (SSSR count). The van der Waals surface area contributed by atoms with Crippen LogP contribution in [0.4, 0.5) is 0 Å². The first-order chi connectivity index (χ1) is 8.32. The van der Waals surface area contributed by atoms with Gasteiger partial charge in [-0.2, -0.15) is 0 Å². The molecular formula is C11H9NO5S. The van der Waals surface area contributed by atoms with Crippen molar-refractivity contribution in [2.75, 3.05) is 6.26 Å². The van der Waals surface area contributed by atoms with E-state index in [-0.39, 0.29) is 16.3 Å². The van der Waals surface area contributed by atoms with Gasteiger partial charge in [0.15, 0.2) is 0 Å². The van der Waals surface area contributed by atoms with Crippen LogP contribution in [0.2, 0.25) is 0 Å². The van der Waals surface area contributed by atoms with E-state index in [1.54, 1.807) is 12.1 Å². The van der Waals surface area contributed by atoms with Gasteiger partial charge in [0.1, 0.15) is 0 Å². The van der Waals surface area contributed by atoms with Gasteiger partial charge in [-0.25, -0.2) is 17.2 Å². The highest BCUT2D eigenvalue weighted by Gasteiger charge is 2.17. The number of hydrogen-bond donors (Lipinski definition) is 1. The second-order valence-electron chi connectivity index (χ2n) is 3.76. The summed E-state index contributed by atoms with van der Waals surface area (Å²) in [5.41, 5.74) is -0.978. The maximum absolute atomic E-state index is 11.9. The molecule has 0 saturated heterocycles. The predicted octanol–water partition coefficient (Wildman–Crippen LogP) is 0.507. The number of fused-ring (bicyclic) bond motifs is 1. The molecule has 1 aromatic heterocycles. The zero-order valence-corrected chi connectivity index (χ0v) is 10.1. The summed E-state index contributed by atoms with van der Waals surface area (Å²) in [6.07, 6.45) is 1.68. The average Bonchev–Trinajstić information content (AvgIpc) is 2.27. The number of nitrogens with zero attached hydrogens (tertiary/aromatic N) is 1. The lowest BCUT2D eigenvalue weighted by atomic mass is 10.1. The Bertz CT molecular complexity index is 804. The summed E-state index contributed by atoms with van der Waals surface area (Å²) in [4.78, 5) is 23.0. The predicted molar refractivity (Wildman–Crippen MR) is 65.4 cm³/mol. The van der Waals surface area contributed by atoms with Gasteiger partial charge in [-0.3, -0.25) is 4.79 Å². The minimum atomic E-state index is -3.84. The third-order valence-corrected chi connectivity index (χ3v) is 3.47. The quantitative estimate of drug-likeness (QED) is 0.855. The van der Waals surface area contributed by atoms with Crippen molar-refractivity contribution in [3.8, 4) is 0 Å². The molecule has 1 heterocycles. The normalized spacial score (nSPS) is 11.6. The fourth-order valence-corrected chi connectivity index (χ4v) is 2.38. The highest BCUT2D eigenvalue weighted by Crippen LogP contribution is 2.15. The summed E-state index contributed by atoms with van der Waals surface area (Å²) >= 11 is 0. The van der Waals surface area contributed by atoms with E-state index in [0.717, 1.165) is 12.5 Å². The molecule has 18 heavy (non-hydrogen) atoms. The number of carboxylic acid groups (broad SMARTS) is 1. The van der Waals surface area contributed by atoms with Crippen LogP contribution in [0.5, 0.6) is 0 Å². The van der Waals surface area contributed by atoms with Crippen LogP contribution >= 0.6 is 0 Å². The van der Waals surface area contributed by atoms with Crippen molar-refractivity contribution in [1.82, 2.24) is 3.97 Å². The molecule has 0 radical (unpaired) electrons. The molecule has 0 amide bonds. The zero-order chi connectivity index (χ0) is 13.5. The Morgan fingerprint density at radius 3 is 2.28 bits per heavy atom. The smallest absolute Gasteiger partial charge is 0.337 e. The van der Waals surface area contributed by atoms with Gasteiger partial charge in [-0.15, -0.1) is 0 Å². The van der Waals surface area contributed by atoms with Gasteiger partial charge in [0, 0.05) is 17.0 Å². The molecule has 0 bridgehead atoms. The third kappa shape index (κ3) is 1.88. The second-order valence-corrected chi connectivity index (χ2v) is 5.62. The van der Waals surface area contributed by atoms with E-state index in [2.05, 4.69) is 0 Å². The summed E-state index contributed by atoms with van der Waals surface area (Å²) in [5, 5.41) is 9.33. The first kappa shape index (κ1) is 12.3. The van der Waals surface area contributed by atoms with E-state index in [1.807, 2.05) is 0 Å². The minimum absolute atomic E-state index is 0.0582. The molecule has 6 nitrogen and oxygen atoms in total. The molecule has 0 atom stereocenters. The van der Waals surface area contributed by atoms with Gasteiger partial charge < -0.3 is 5.11 Å². The Balaban J connectivity index is 3.07. The molecule has 1 aromatic carbocycles. The molecule has 0 saturated carbocycles. The van der Waals surface area contributed by atoms with Crippen LogP contribution in [0.3, 0.4) is 0 Å². The zero-order valence-electron chi connectivity index (χ0n) is 9.32. The van der Waals surface area contributed by atoms with Gasteiger partial charge in [0.05, 0.1) is 11.8 Å². The number of carbonyl (C=O) groups is 1. The molecule has 0 fully saturated rings. The lowest BCUT2D eigenvalue weighted by Crippen LogP contribution is -2.27. The van der Waals surface area contributed by atoms with Crippen molar-refractivity contribution < 1.29 is 18.3 Å². The van der Waals surface area contributed by atoms with Gasteiger partial charge >= 0.3 is 5.97 Å². The standard InChI is InChI=1S/C11H9NO5S/c1-18(16,17)12-6-9(11(14)15)7-4-2-3-5-8(7)10(12)13/h2-6H,1H3,(H,14,15). The summed E-state index contributed by atoms with van der Waals surface area (Å²) in [6, 6.07) is 5.99. The summed E-state index contributed by atoms with van der Waals surface area (Å²) in [6.45, 7) is 0. The average molecular weight is 267 g/mol. The Labute approximate surface area is 102 Å². The van der Waals surface area contributed by atoms with Crippen LogP contribution in [0.15, 0.2) is 35.3 Å². The maximum atomic E-state index is 11.9. The summed E-state index contributed by atoms with van der Waals surface area (Å²) < 4.78 is 23.3. The fourth-order valence-electron chi connectivity index (χ4n) is 1.69. The van der Waals surface area contributed by atoms with E-state index in [4.69, 9.17) is 5.11 Å². The number of aromatic carboxylic acids is 1. The molecule has 2 aromatic rings. The lowest BCUT2D eigenvalue weighted by Gasteiger charge is -2.07. The number of aromatic nitrogens is 1. The fraction of sp³-hybridized carbons (Fsp3) is 0.0909. The summed E-state index contributed by atoms with van der Waals surface area (Å²) in [5.74, 6) is -1.29. The monoisotopic (exact) mass is 267 g/mol. The first-order valence-corrected chi connectivity index (χ1v) is 6.75. The molecular weight excluding hydrogens is 258 g/mol. The Hall–Kier alpha value is -2.15. The van der Waals surface area contributed by atoms with Crippen molar-refractivity contribution >= 4 is 26.8 Å². The topological polar surface area (TPSA) is 93.4 Å². The van der Waals surface area contributed by atoms with Crippen molar-refractivity contribution in [3.63, 3.8) is 0 Å². The van der Waals surface area contributed by atoms with Crippen LogP contribution < -0.4 is 5.56 Å². The Kier molecular flexibility index (Phi) is 2.70. The molecule has 0 aliphatic carbocycles. The molecule has 7 heteroatoms. The van der Waals surface area contributed by atoms with Gasteiger partial charge in [0.25, 0.3) is 5.56 Å². The van der Waals surface area contributed by atoms with Crippen LogP contribution in [-0.4, -0.2) is 29.7 Å². The van der Waals surface area contributed by atoms with E-state index < -0.39 is 21.6 Å². The number of benzene rings is 1. The van der Waals surface area contributed by atoms with Gasteiger partial charge in [0.2, 0.25) is 10.0 Å². The SMILES string of the molecule is CS(=O)(=O)n1cc(C(=O)O)c2ccccc2c1=O. The van der Waals surface area contributed by atoms with Crippen molar-refractivity contribution in [1.29, 1.82) is 0 Å². The van der Waals surface area contributed by atoms with E-state index >= 15 is 0 Å². The van der Waals surface area contributed by atoms with E-state index in [1.165, 1.54) is 12.1 Å². The Morgan fingerprint density at radius 1 is 1.22 bits per heavy atom. The van der Waals surface area contributed by atoms with Gasteiger partial charge in [-0.1, -0.05) is 18.2 Å². The lowest BCUT2D eigenvalue weighted by molar-refractivity contribution is 0.0698. The highest BCUT2D eigenvalue weighted by atomic mass is 32.2. The number of pyridine rings is 1. The molecule has 0 aliphatic heterocycles. The second kappa shape index (κ2) is 3.95. The van der Waals surface area contributed by atoms with Gasteiger partial charge in [-0.05, 0) is 6.07 Å². The van der Waals surface area contributed by atoms with E-state index in [9.17, 15) is 18.0 Å². The highest BCUT2D eigenvalue weighted by molar-refractivity contribution is 7.89. The van der Waals surface area contributed by atoms with Crippen LogP contribution in [-0.2, 0) is 10.0 Å². The number of rotatable bonds is 2. The van der Waals surface area contributed by atoms with Crippen LogP contribution in [0.25, 0.3) is 10.8 Å². The molecule has 94 valence electrons. The Morgan fingerprint density at radius 2 is 1.78 bits per heavy atom. The first-order valence-electron chi connectivity index (χ1n) is 4.90. The van der Waals surface area contributed by atoms with E-state index in [0.29, 0.717) is 3.97 Å². The number of hydrogen-bond acceptors (Lipinski definition) is 4. The van der Waals surface area contributed by atoms with Crippen LogP contribution in [0.1, 0.15) is 10.4 Å². The largest absolute Gasteiger partial charge is 0.478 e. The summed E-state index contributed by atoms with van der Waals surface area (Å²) in [7, 11) is -3.84. The van der Waals surface area contributed by atoms with Crippen molar-refractivity contribution in [2.45, 2.75) is 0 Å². The van der Waals surface area contributed by atoms with Crippen molar-refractivity contribution in [3.05, 3.63) is 46.4 Å². The molecule has 0 aliphatic rings. The minimum Gasteiger partial charge on any atom is -0.478 e. The molecule has 1 N–H and O–H groups in total. The van der Waals surface area contributed by atoms with Crippen molar-refractivity contribution in [2.24, 2.45) is 0 Å².